The van der Waals surface area contributed by atoms with E-state index in [1.807, 2.05) is 12.1 Å². The van der Waals surface area contributed by atoms with Gasteiger partial charge in [-0.05, 0) is 82.6 Å². The van der Waals surface area contributed by atoms with Crippen molar-refractivity contribution in [2.75, 3.05) is 0 Å². The lowest BCUT2D eigenvalue weighted by Gasteiger charge is -2.12. The summed E-state index contributed by atoms with van der Waals surface area (Å²) < 4.78 is 11.1. The molecule has 0 atom stereocenters. The zero-order chi connectivity index (χ0) is 32.1. The Morgan fingerprint density at radius 1 is 0.347 bits per heavy atom. The van der Waals surface area contributed by atoms with E-state index in [0.29, 0.717) is 0 Å². The van der Waals surface area contributed by atoms with Crippen LogP contribution in [-0.2, 0) is 0 Å². The Hall–Kier alpha value is -6.58. The lowest BCUT2D eigenvalue weighted by atomic mass is 9.99. The lowest BCUT2D eigenvalue weighted by molar-refractivity contribution is 0.669. The maximum Gasteiger partial charge on any atom is 0.136 e. The first kappa shape index (κ1) is 26.5. The molecule has 0 fully saturated rings. The molecule has 0 amide bonds. The van der Waals surface area contributed by atoms with E-state index in [-0.39, 0.29) is 0 Å². The van der Waals surface area contributed by atoms with Crippen molar-refractivity contribution in [2.45, 2.75) is 0 Å². The highest BCUT2D eigenvalue weighted by atomic mass is 16.3. The Kier molecular flexibility index (Phi) is 5.38. The standard InChI is InChI=1S/C46H28N2O/c1-2-14-31(15-3-1)47-39-21-8-6-18-35(39)37-27-42-38(28-41(37)47)45-33-17-5-4-12-29(33)24-25-40(45)48(42)32-16-10-13-30(26-32)34-20-11-23-44-46(34)36-19-7-9-22-43(36)49-44/h1-28H. The van der Waals surface area contributed by atoms with E-state index < -0.39 is 0 Å². The van der Waals surface area contributed by atoms with E-state index in [0.717, 1.165) is 38.9 Å². The molecule has 49 heavy (non-hydrogen) atoms. The largest absolute Gasteiger partial charge is 0.456 e. The predicted octanol–water partition coefficient (Wildman–Crippen LogP) is 12.6. The van der Waals surface area contributed by atoms with Crippen LogP contribution in [0.4, 0.5) is 0 Å². The van der Waals surface area contributed by atoms with Gasteiger partial charge in [-0.3, -0.25) is 0 Å². The number of nitrogens with zero attached hydrogens (tertiary/aromatic N) is 2. The van der Waals surface area contributed by atoms with Crippen LogP contribution in [0.1, 0.15) is 0 Å². The first-order valence-electron chi connectivity index (χ1n) is 16.8. The highest BCUT2D eigenvalue weighted by molar-refractivity contribution is 6.25. The second-order valence-electron chi connectivity index (χ2n) is 12.9. The molecule has 0 bridgehead atoms. The Morgan fingerprint density at radius 3 is 1.94 bits per heavy atom. The van der Waals surface area contributed by atoms with E-state index in [2.05, 4.69) is 167 Å². The molecule has 8 aromatic carbocycles. The molecule has 0 N–H and O–H groups in total. The zero-order valence-corrected chi connectivity index (χ0v) is 26.5. The van der Waals surface area contributed by atoms with Crippen LogP contribution in [-0.4, -0.2) is 9.13 Å². The summed E-state index contributed by atoms with van der Waals surface area (Å²) in [7, 11) is 0. The van der Waals surface area contributed by atoms with Gasteiger partial charge in [0.15, 0.2) is 0 Å². The molecular formula is C46H28N2O. The Balaban J connectivity index is 1.26. The third-order valence-electron chi connectivity index (χ3n) is 10.3. The van der Waals surface area contributed by atoms with Crippen molar-refractivity contribution >= 4 is 76.3 Å². The summed E-state index contributed by atoms with van der Waals surface area (Å²) in [5, 5.41) is 9.79. The fourth-order valence-electron chi connectivity index (χ4n) is 8.21. The monoisotopic (exact) mass is 624 g/mol. The fraction of sp³-hybridized carbons (Fsp3) is 0. The molecular weight excluding hydrogens is 597 g/mol. The normalized spacial score (nSPS) is 12.1. The first-order chi connectivity index (χ1) is 24.3. The number of para-hydroxylation sites is 3. The van der Waals surface area contributed by atoms with Crippen LogP contribution in [0.25, 0.3) is 98.8 Å². The van der Waals surface area contributed by atoms with Gasteiger partial charge in [0.1, 0.15) is 11.2 Å². The van der Waals surface area contributed by atoms with Crippen molar-refractivity contribution in [3.63, 3.8) is 0 Å². The molecule has 0 saturated carbocycles. The first-order valence-corrected chi connectivity index (χ1v) is 16.8. The van der Waals surface area contributed by atoms with Gasteiger partial charge in [0, 0.05) is 43.7 Å². The average molecular weight is 625 g/mol. The lowest BCUT2D eigenvalue weighted by Crippen LogP contribution is -1.95. The van der Waals surface area contributed by atoms with Crippen LogP contribution in [0.15, 0.2) is 174 Å². The summed E-state index contributed by atoms with van der Waals surface area (Å²) in [4.78, 5) is 0. The number of furan rings is 1. The van der Waals surface area contributed by atoms with Gasteiger partial charge >= 0.3 is 0 Å². The minimum absolute atomic E-state index is 0.907. The minimum atomic E-state index is 0.907. The smallest absolute Gasteiger partial charge is 0.136 e. The van der Waals surface area contributed by atoms with Crippen LogP contribution in [0.2, 0.25) is 0 Å². The quantitative estimate of drug-likeness (QED) is 0.192. The van der Waals surface area contributed by atoms with Crippen molar-refractivity contribution in [3.05, 3.63) is 170 Å². The molecule has 3 heterocycles. The van der Waals surface area contributed by atoms with Crippen molar-refractivity contribution in [1.82, 2.24) is 9.13 Å². The molecule has 228 valence electrons. The van der Waals surface area contributed by atoms with Crippen molar-refractivity contribution in [3.8, 4) is 22.5 Å². The van der Waals surface area contributed by atoms with Gasteiger partial charge in [0.2, 0.25) is 0 Å². The Bertz CT molecular complexity index is 3100. The van der Waals surface area contributed by atoms with E-state index in [1.54, 1.807) is 0 Å². The SMILES string of the molecule is c1ccc(-n2c3ccccc3c3cc4c(cc32)c2c3ccccc3ccc2n4-c2cccc(-c3cccc4oc5ccccc5c34)c2)cc1. The van der Waals surface area contributed by atoms with Crippen LogP contribution in [0.3, 0.4) is 0 Å². The third kappa shape index (κ3) is 3.73. The molecule has 0 radical (unpaired) electrons. The number of rotatable bonds is 3. The van der Waals surface area contributed by atoms with Gasteiger partial charge in [-0.15, -0.1) is 0 Å². The number of hydrogen-bond acceptors (Lipinski definition) is 1. The van der Waals surface area contributed by atoms with Crippen LogP contribution in [0, 0.1) is 0 Å². The molecule has 3 heteroatoms. The van der Waals surface area contributed by atoms with E-state index >= 15 is 0 Å². The molecule has 0 spiro atoms. The molecule has 11 rings (SSSR count). The van der Waals surface area contributed by atoms with Crippen LogP contribution >= 0.6 is 0 Å². The highest BCUT2D eigenvalue weighted by Crippen LogP contribution is 2.43. The third-order valence-corrected chi connectivity index (χ3v) is 10.3. The van der Waals surface area contributed by atoms with Gasteiger partial charge in [0.05, 0.1) is 22.1 Å². The summed E-state index contributed by atoms with van der Waals surface area (Å²) in [5.74, 6) is 0. The summed E-state index contributed by atoms with van der Waals surface area (Å²) in [6.07, 6.45) is 0. The number of fused-ring (bicyclic) bond motifs is 11. The van der Waals surface area contributed by atoms with Gasteiger partial charge in [-0.25, -0.2) is 0 Å². The minimum Gasteiger partial charge on any atom is -0.456 e. The summed E-state index contributed by atoms with van der Waals surface area (Å²) >= 11 is 0. The average Bonchev–Trinajstić information content (AvgIpc) is 3.82. The molecule has 0 aliphatic heterocycles. The number of hydrogen-bond donors (Lipinski definition) is 0. The molecule has 0 saturated heterocycles. The molecule has 3 aromatic heterocycles. The Labute approximate surface area is 281 Å². The fourth-order valence-corrected chi connectivity index (χ4v) is 8.21. The molecule has 0 aliphatic carbocycles. The number of benzene rings is 8. The topological polar surface area (TPSA) is 23.0 Å². The molecule has 3 nitrogen and oxygen atoms in total. The molecule has 11 aromatic rings. The van der Waals surface area contributed by atoms with Gasteiger partial charge in [-0.2, -0.15) is 0 Å². The highest BCUT2D eigenvalue weighted by Gasteiger charge is 2.20. The maximum absolute atomic E-state index is 6.28. The molecule has 0 aliphatic rings. The van der Waals surface area contributed by atoms with Crippen LogP contribution < -0.4 is 0 Å². The summed E-state index contributed by atoms with van der Waals surface area (Å²) in [5.41, 5.74) is 11.2. The maximum atomic E-state index is 6.28. The summed E-state index contributed by atoms with van der Waals surface area (Å²) in [6, 6.07) is 61.3. The second kappa shape index (κ2) is 9.96. The van der Waals surface area contributed by atoms with Gasteiger partial charge in [-0.1, -0.05) is 109 Å². The second-order valence-corrected chi connectivity index (χ2v) is 12.9. The van der Waals surface area contributed by atoms with E-state index in [9.17, 15) is 0 Å². The van der Waals surface area contributed by atoms with Crippen LogP contribution in [0.5, 0.6) is 0 Å². The van der Waals surface area contributed by atoms with E-state index in [1.165, 1.54) is 59.9 Å². The van der Waals surface area contributed by atoms with Crippen molar-refractivity contribution in [1.29, 1.82) is 0 Å². The van der Waals surface area contributed by atoms with Crippen molar-refractivity contribution in [2.24, 2.45) is 0 Å². The zero-order valence-electron chi connectivity index (χ0n) is 26.5. The summed E-state index contributed by atoms with van der Waals surface area (Å²) in [6.45, 7) is 0. The Morgan fingerprint density at radius 2 is 1.02 bits per heavy atom. The predicted molar refractivity (Wildman–Crippen MR) is 205 cm³/mol. The molecule has 0 unspecified atom stereocenters. The number of aromatic nitrogens is 2. The van der Waals surface area contributed by atoms with Crippen molar-refractivity contribution < 1.29 is 4.42 Å². The van der Waals surface area contributed by atoms with E-state index in [4.69, 9.17) is 4.42 Å². The van der Waals surface area contributed by atoms with Gasteiger partial charge < -0.3 is 13.6 Å². The van der Waals surface area contributed by atoms with Gasteiger partial charge in [0.25, 0.3) is 0 Å².